The SMILES string of the molecule is Cc1cccc(NC(=O)CN2C(=O)SC(=Cc3cccc(F)c3)C2=O)c1. The van der Waals surface area contributed by atoms with Crippen LogP contribution in [-0.4, -0.2) is 28.5 Å². The molecule has 3 rings (SSSR count). The average molecular weight is 370 g/mol. The Kier molecular flexibility index (Phi) is 5.18. The molecule has 1 fully saturated rings. The predicted octanol–water partition coefficient (Wildman–Crippen LogP) is 3.81. The summed E-state index contributed by atoms with van der Waals surface area (Å²) >= 11 is 0.729. The Morgan fingerprint density at radius 2 is 1.96 bits per heavy atom. The molecule has 0 aliphatic carbocycles. The normalized spacial score (nSPS) is 15.6. The lowest BCUT2D eigenvalue weighted by molar-refractivity contribution is -0.127. The molecule has 1 aliphatic rings. The minimum atomic E-state index is -0.566. The summed E-state index contributed by atoms with van der Waals surface area (Å²) in [5.74, 6) is -1.47. The van der Waals surface area contributed by atoms with E-state index in [9.17, 15) is 18.8 Å². The minimum Gasteiger partial charge on any atom is -0.325 e. The summed E-state index contributed by atoms with van der Waals surface area (Å²) in [6.07, 6.45) is 1.44. The molecule has 1 N–H and O–H groups in total. The van der Waals surface area contributed by atoms with Gasteiger partial charge in [0.25, 0.3) is 11.1 Å². The van der Waals surface area contributed by atoms with E-state index in [0.717, 1.165) is 22.2 Å². The maximum Gasteiger partial charge on any atom is 0.294 e. The average Bonchev–Trinajstić information content (AvgIpc) is 2.82. The molecule has 0 spiro atoms. The van der Waals surface area contributed by atoms with Crippen molar-refractivity contribution in [1.82, 2.24) is 4.90 Å². The summed E-state index contributed by atoms with van der Waals surface area (Å²) in [6, 6.07) is 12.9. The first-order chi connectivity index (χ1) is 12.4. The smallest absolute Gasteiger partial charge is 0.294 e. The van der Waals surface area contributed by atoms with Crippen LogP contribution < -0.4 is 5.32 Å². The molecule has 26 heavy (non-hydrogen) atoms. The lowest BCUT2D eigenvalue weighted by Gasteiger charge is -2.12. The van der Waals surface area contributed by atoms with Gasteiger partial charge < -0.3 is 5.32 Å². The van der Waals surface area contributed by atoms with Crippen LogP contribution in [0.3, 0.4) is 0 Å². The lowest BCUT2D eigenvalue weighted by Crippen LogP contribution is -2.36. The van der Waals surface area contributed by atoms with Crippen LogP contribution in [0.15, 0.2) is 53.4 Å². The molecule has 0 radical (unpaired) electrons. The summed E-state index contributed by atoms with van der Waals surface area (Å²) < 4.78 is 13.2. The molecule has 132 valence electrons. The Morgan fingerprint density at radius 3 is 2.69 bits per heavy atom. The van der Waals surface area contributed by atoms with Gasteiger partial charge in [0.1, 0.15) is 12.4 Å². The highest BCUT2D eigenvalue weighted by molar-refractivity contribution is 8.18. The molecule has 7 heteroatoms. The molecule has 0 bridgehead atoms. The van der Waals surface area contributed by atoms with Gasteiger partial charge in [-0.05, 0) is 60.2 Å². The van der Waals surface area contributed by atoms with Crippen LogP contribution in [0.25, 0.3) is 6.08 Å². The van der Waals surface area contributed by atoms with Gasteiger partial charge in [-0.3, -0.25) is 19.3 Å². The molecular formula is C19H15FN2O3S. The summed E-state index contributed by atoms with van der Waals surface area (Å²) in [4.78, 5) is 37.6. The van der Waals surface area contributed by atoms with Crippen LogP contribution in [0.1, 0.15) is 11.1 Å². The molecule has 5 nitrogen and oxygen atoms in total. The molecule has 1 heterocycles. The van der Waals surface area contributed by atoms with E-state index in [1.165, 1.54) is 24.3 Å². The number of aryl methyl sites for hydroxylation is 1. The molecule has 2 aromatic rings. The van der Waals surface area contributed by atoms with Crippen molar-refractivity contribution in [2.24, 2.45) is 0 Å². The monoisotopic (exact) mass is 370 g/mol. The van der Waals surface area contributed by atoms with E-state index in [2.05, 4.69) is 5.32 Å². The van der Waals surface area contributed by atoms with E-state index in [-0.39, 0.29) is 11.4 Å². The number of anilines is 1. The number of imide groups is 1. The van der Waals surface area contributed by atoms with Crippen molar-refractivity contribution in [3.8, 4) is 0 Å². The van der Waals surface area contributed by atoms with Gasteiger partial charge >= 0.3 is 0 Å². The van der Waals surface area contributed by atoms with E-state index in [4.69, 9.17) is 0 Å². The third-order valence-corrected chi connectivity index (χ3v) is 4.53. The standard InChI is InChI=1S/C19H15FN2O3S/c1-12-4-2-7-15(8-12)21-17(23)11-22-18(24)16(26-19(22)25)10-13-5-3-6-14(20)9-13/h2-10H,11H2,1H3,(H,21,23). The number of nitrogens with one attached hydrogen (secondary N) is 1. The van der Waals surface area contributed by atoms with E-state index in [1.54, 1.807) is 24.3 Å². The molecule has 2 aromatic carbocycles. The van der Waals surface area contributed by atoms with Crippen LogP contribution in [0.2, 0.25) is 0 Å². The number of rotatable bonds is 4. The van der Waals surface area contributed by atoms with Crippen LogP contribution in [0.5, 0.6) is 0 Å². The quantitative estimate of drug-likeness (QED) is 0.831. The first-order valence-corrected chi connectivity index (χ1v) is 8.61. The van der Waals surface area contributed by atoms with Crippen LogP contribution in [0, 0.1) is 12.7 Å². The van der Waals surface area contributed by atoms with Gasteiger partial charge in [-0.15, -0.1) is 0 Å². The highest BCUT2D eigenvalue weighted by Gasteiger charge is 2.36. The van der Waals surface area contributed by atoms with Crippen molar-refractivity contribution in [2.45, 2.75) is 6.92 Å². The van der Waals surface area contributed by atoms with E-state index in [0.29, 0.717) is 11.3 Å². The summed E-state index contributed by atoms with van der Waals surface area (Å²) in [7, 11) is 0. The molecule has 1 aliphatic heterocycles. The summed E-state index contributed by atoms with van der Waals surface area (Å²) in [6.45, 7) is 1.52. The number of carbonyl (C=O) groups is 3. The number of hydrogen-bond donors (Lipinski definition) is 1. The number of amides is 3. The van der Waals surface area contributed by atoms with Gasteiger partial charge in [0.15, 0.2) is 0 Å². The third kappa shape index (κ3) is 4.18. The minimum absolute atomic E-state index is 0.156. The number of carbonyl (C=O) groups excluding carboxylic acids is 3. The summed E-state index contributed by atoms with van der Waals surface area (Å²) in [5, 5.41) is 2.13. The molecule has 0 atom stereocenters. The number of hydrogen-bond acceptors (Lipinski definition) is 4. The maximum absolute atomic E-state index is 13.2. The van der Waals surface area contributed by atoms with Gasteiger partial charge in [0, 0.05) is 5.69 Å². The predicted molar refractivity (Wildman–Crippen MR) is 98.9 cm³/mol. The van der Waals surface area contributed by atoms with Crippen molar-refractivity contribution in [3.05, 3.63) is 70.4 Å². The Balaban J connectivity index is 1.70. The fourth-order valence-electron chi connectivity index (χ4n) is 2.45. The Morgan fingerprint density at radius 1 is 1.19 bits per heavy atom. The van der Waals surface area contributed by atoms with Crippen molar-refractivity contribution in [2.75, 3.05) is 11.9 Å². The maximum atomic E-state index is 13.2. The number of halogens is 1. The Bertz CT molecular complexity index is 927. The second-order valence-electron chi connectivity index (χ2n) is 5.74. The van der Waals surface area contributed by atoms with E-state index < -0.39 is 22.9 Å². The third-order valence-electron chi connectivity index (χ3n) is 3.62. The zero-order chi connectivity index (χ0) is 18.7. The molecular weight excluding hydrogens is 355 g/mol. The van der Waals surface area contributed by atoms with Crippen LogP contribution >= 0.6 is 11.8 Å². The zero-order valence-corrected chi connectivity index (χ0v) is 14.7. The van der Waals surface area contributed by atoms with Crippen molar-refractivity contribution in [3.63, 3.8) is 0 Å². The molecule has 0 saturated carbocycles. The molecule has 1 saturated heterocycles. The highest BCUT2D eigenvalue weighted by Crippen LogP contribution is 2.32. The van der Waals surface area contributed by atoms with Gasteiger partial charge in [0.05, 0.1) is 4.91 Å². The fourth-order valence-corrected chi connectivity index (χ4v) is 3.29. The van der Waals surface area contributed by atoms with Crippen molar-refractivity contribution < 1.29 is 18.8 Å². The topological polar surface area (TPSA) is 66.5 Å². The Hall–Kier alpha value is -2.93. The summed E-state index contributed by atoms with van der Waals surface area (Å²) in [5.41, 5.74) is 2.05. The second kappa shape index (κ2) is 7.53. The van der Waals surface area contributed by atoms with E-state index in [1.807, 2.05) is 13.0 Å². The van der Waals surface area contributed by atoms with Gasteiger partial charge in [-0.25, -0.2) is 4.39 Å². The van der Waals surface area contributed by atoms with Gasteiger partial charge in [-0.1, -0.05) is 24.3 Å². The van der Waals surface area contributed by atoms with Crippen LogP contribution in [-0.2, 0) is 9.59 Å². The van der Waals surface area contributed by atoms with Crippen molar-refractivity contribution in [1.29, 1.82) is 0 Å². The fraction of sp³-hybridized carbons (Fsp3) is 0.105. The largest absolute Gasteiger partial charge is 0.325 e. The first-order valence-electron chi connectivity index (χ1n) is 7.80. The Labute approximate surface area is 153 Å². The van der Waals surface area contributed by atoms with E-state index >= 15 is 0 Å². The number of nitrogens with zero attached hydrogens (tertiary/aromatic N) is 1. The molecule has 0 aromatic heterocycles. The number of thioether (sulfide) groups is 1. The van der Waals surface area contributed by atoms with Gasteiger partial charge in [-0.2, -0.15) is 0 Å². The highest BCUT2D eigenvalue weighted by atomic mass is 32.2. The number of benzene rings is 2. The van der Waals surface area contributed by atoms with Crippen LogP contribution in [0.4, 0.5) is 14.9 Å². The van der Waals surface area contributed by atoms with Gasteiger partial charge in [0.2, 0.25) is 5.91 Å². The lowest BCUT2D eigenvalue weighted by atomic mass is 10.2. The van der Waals surface area contributed by atoms with Crippen molar-refractivity contribution >= 4 is 40.6 Å². The first kappa shape index (κ1) is 17.9. The second-order valence-corrected chi connectivity index (χ2v) is 6.73. The molecule has 3 amide bonds. The molecule has 0 unspecified atom stereocenters. The zero-order valence-electron chi connectivity index (χ0n) is 13.9.